The lowest BCUT2D eigenvalue weighted by Gasteiger charge is -2.07. The van der Waals surface area contributed by atoms with E-state index in [9.17, 15) is 0 Å². The van der Waals surface area contributed by atoms with E-state index in [-0.39, 0.29) is 0 Å². The Morgan fingerprint density at radius 1 is 0.696 bits per heavy atom. The molecule has 0 saturated heterocycles. The smallest absolute Gasteiger partial charge is 0.0615 e. The summed E-state index contributed by atoms with van der Waals surface area (Å²) in [4.78, 5) is 0. The number of allylic oxidation sites excluding steroid dienone is 2. The van der Waals surface area contributed by atoms with Crippen LogP contribution in [0.2, 0.25) is 0 Å². The van der Waals surface area contributed by atoms with Gasteiger partial charge >= 0.3 is 0 Å². The number of hydrogen-bond acceptors (Lipinski definition) is 1. The third kappa shape index (κ3) is 3.64. The molecule has 0 bridgehead atoms. The summed E-state index contributed by atoms with van der Waals surface area (Å²) < 4.78 is 0. The number of hydrogen-bond donors (Lipinski definition) is 1. The van der Waals surface area contributed by atoms with Crippen molar-refractivity contribution in [2.75, 3.05) is 0 Å². The van der Waals surface area contributed by atoms with Crippen molar-refractivity contribution in [2.45, 2.75) is 6.92 Å². The summed E-state index contributed by atoms with van der Waals surface area (Å²) in [6.07, 6.45) is 1.93. The molecule has 3 aromatic carbocycles. The van der Waals surface area contributed by atoms with Crippen LogP contribution in [-0.4, -0.2) is 5.71 Å². The molecule has 0 unspecified atom stereocenters. The van der Waals surface area contributed by atoms with Crippen molar-refractivity contribution < 1.29 is 0 Å². The summed E-state index contributed by atoms with van der Waals surface area (Å²) in [5, 5.41) is 8.25. The van der Waals surface area contributed by atoms with Crippen molar-refractivity contribution in [1.82, 2.24) is 0 Å². The first kappa shape index (κ1) is 15.0. The van der Waals surface area contributed by atoms with Gasteiger partial charge in [-0.2, -0.15) is 0 Å². The predicted molar refractivity (Wildman–Crippen MR) is 98.8 cm³/mol. The average Bonchev–Trinajstić information content (AvgIpc) is 2.63. The van der Waals surface area contributed by atoms with Gasteiger partial charge in [-0.15, -0.1) is 0 Å². The van der Waals surface area contributed by atoms with Crippen molar-refractivity contribution in [1.29, 1.82) is 5.41 Å². The molecular formula is C22H19N. The molecular weight excluding hydrogens is 278 g/mol. The van der Waals surface area contributed by atoms with E-state index < -0.39 is 0 Å². The van der Waals surface area contributed by atoms with Crippen molar-refractivity contribution in [3.8, 4) is 11.1 Å². The highest BCUT2D eigenvalue weighted by Gasteiger charge is 2.03. The van der Waals surface area contributed by atoms with Gasteiger partial charge in [-0.25, -0.2) is 0 Å². The third-order valence-corrected chi connectivity index (χ3v) is 3.87. The predicted octanol–water partition coefficient (Wildman–Crippen LogP) is 5.82. The minimum Gasteiger partial charge on any atom is -0.300 e. The molecule has 112 valence electrons. The van der Waals surface area contributed by atoms with Gasteiger partial charge in [0, 0.05) is 0 Å². The Bertz CT molecular complexity index is 830. The summed E-state index contributed by atoms with van der Waals surface area (Å²) in [6, 6.07) is 28.6. The normalized spacial score (nSPS) is 11.3. The minimum absolute atomic E-state index is 0.535. The summed E-state index contributed by atoms with van der Waals surface area (Å²) in [5.41, 5.74) is 6.12. The largest absolute Gasteiger partial charge is 0.300 e. The van der Waals surface area contributed by atoms with Crippen LogP contribution in [0.3, 0.4) is 0 Å². The Morgan fingerprint density at radius 3 is 1.96 bits per heavy atom. The van der Waals surface area contributed by atoms with E-state index in [1.54, 1.807) is 0 Å². The van der Waals surface area contributed by atoms with Crippen LogP contribution in [-0.2, 0) is 0 Å². The van der Waals surface area contributed by atoms with Crippen LogP contribution in [0.5, 0.6) is 0 Å². The molecule has 0 aliphatic rings. The van der Waals surface area contributed by atoms with Gasteiger partial charge in [-0.3, -0.25) is 0 Å². The van der Waals surface area contributed by atoms with Crippen LogP contribution in [0, 0.1) is 5.41 Å². The molecule has 0 aliphatic heterocycles. The molecule has 0 fully saturated rings. The second-order valence-corrected chi connectivity index (χ2v) is 5.55. The molecule has 3 rings (SSSR count). The zero-order chi connectivity index (χ0) is 16.1. The van der Waals surface area contributed by atoms with Crippen molar-refractivity contribution in [3.05, 3.63) is 102 Å². The molecule has 0 amide bonds. The Hall–Kier alpha value is -2.93. The first-order chi connectivity index (χ1) is 11.2. The Balaban J connectivity index is 1.90. The molecule has 0 radical (unpaired) electrons. The molecule has 0 aromatic heterocycles. The van der Waals surface area contributed by atoms with Crippen LogP contribution < -0.4 is 0 Å². The maximum atomic E-state index is 8.25. The topological polar surface area (TPSA) is 23.9 Å². The van der Waals surface area contributed by atoms with Gasteiger partial charge in [-0.05, 0) is 46.9 Å². The summed E-state index contributed by atoms with van der Waals surface area (Å²) in [5.74, 6) is 0. The highest BCUT2D eigenvalue weighted by molar-refractivity contribution is 6.10. The molecule has 3 aromatic rings. The van der Waals surface area contributed by atoms with Crippen molar-refractivity contribution in [2.24, 2.45) is 0 Å². The number of rotatable bonds is 4. The average molecular weight is 297 g/mol. The molecule has 0 aliphatic carbocycles. The van der Waals surface area contributed by atoms with E-state index in [0.717, 1.165) is 16.7 Å². The summed E-state index contributed by atoms with van der Waals surface area (Å²) in [7, 11) is 0. The highest BCUT2D eigenvalue weighted by atomic mass is 14.4. The van der Waals surface area contributed by atoms with Gasteiger partial charge < -0.3 is 5.41 Å². The second kappa shape index (κ2) is 6.89. The second-order valence-electron chi connectivity index (χ2n) is 5.55. The molecule has 0 atom stereocenters. The molecule has 1 N–H and O–H groups in total. The van der Waals surface area contributed by atoms with E-state index in [0.29, 0.717) is 5.71 Å². The number of nitrogens with one attached hydrogen (secondary N) is 1. The van der Waals surface area contributed by atoms with Crippen LogP contribution >= 0.6 is 0 Å². The minimum atomic E-state index is 0.535. The lowest BCUT2D eigenvalue weighted by Crippen LogP contribution is -1.95. The summed E-state index contributed by atoms with van der Waals surface area (Å²) in [6.45, 7) is 2.06. The van der Waals surface area contributed by atoms with E-state index in [4.69, 9.17) is 5.41 Å². The fraction of sp³-hybridized carbons (Fsp3) is 0.0455. The lowest BCUT2D eigenvalue weighted by atomic mass is 9.98. The van der Waals surface area contributed by atoms with Crippen LogP contribution in [0.1, 0.15) is 18.1 Å². The van der Waals surface area contributed by atoms with E-state index in [1.165, 1.54) is 11.1 Å². The van der Waals surface area contributed by atoms with Crippen molar-refractivity contribution >= 4 is 11.3 Å². The van der Waals surface area contributed by atoms with Crippen LogP contribution in [0.15, 0.2) is 91.0 Å². The van der Waals surface area contributed by atoms with Gasteiger partial charge in [-0.1, -0.05) is 78.9 Å². The van der Waals surface area contributed by atoms with E-state index in [2.05, 4.69) is 55.5 Å². The van der Waals surface area contributed by atoms with E-state index in [1.807, 2.05) is 42.5 Å². The van der Waals surface area contributed by atoms with E-state index >= 15 is 0 Å². The Labute approximate surface area is 137 Å². The zero-order valence-electron chi connectivity index (χ0n) is 13.2. The number of benzene rings is 3. The lowest BCUT2D eigenvalue weighted by molar-refractivity contribution is 1.48. The maximum Gasteiger partial charge on any atom is 0.0615 e. The van der Waals surface area contributed by atoms with Gasteiger partial charge in [0.2, 0.25) is 0 Å². The first-order valence-corrected chi connectivity index (χ1v) is 7.72. The molecule has 0 saturated carbocycles. The zero-order valence-corrected chi connectivity index (χ0v) is 13.2. The van der Waals surface area contributed by atoms with Crippen LogP contribution in [0.4, 0.5) is 0 Å². The maximum absolute atomic E-state index is 8.25. The highest BCUT2D eigenvalue weighted by Crippen LogP contribution is 2.23. The monoisotopic (exact) mass is 297 g/mol. The quantitative estimate of drug-likeness (QED) is 0.586. The third-order valence-electron chi connectivity index (χ3n) is 3.87. The standard InChI is InChI=1S/C22H19N/c1-17(15-22(23)19-11-6-3-7-12-19)20-13-8-14-21(16-20)18-9-4-2-5-10-18/h2-16,23H,1H3. The Morgan fingerprint density at radius 2 is 1.26 bits per heavy atom. The van der Waals surface area contributed by atoms with Gasteiger partial charge in [0.15, 0.2) is 0 Å². The van der Waals surface area contributed by atoms with Gasteiger partial charge in [0.05, 0.1) is 5.71 Å². The first-order valence-electron chi connectivity index (χ1n) is 7.72. The fourth-order valence-corrected chi connectivity index (χ4v) is 2.58. The Kier molecular flexibility index (Phi) is 4.49. The van der Waals surface area contributed by atoms with Gasteiger partial charge in [0.1, 0.15) is 0 Å². The molecule has 1 heteroatoms. The summed E-state index contributed by atoms with van der Waals surface area (Å²) >= 11 is 0. The van der Waals surface area contributed by atoms with Crippen molar-refractivity contribution in [3.63, 3.8) is 0 Å². The fourth-order valence-electron chi connectivity index (χ4n) is 2.58. The van der Waals surface area contributed by atoms with Crippen LogP contribution in [0.25, 0.3) is 16.7 Å². The molecule has 0 heterocycles. The molecule has 1 nitrogen and oxygen atoms in total. The molecule has 0 spiro atoms. The molecule has 23 heavy (non-hydrogen) atoms. The van der Waals surface area contributed by atoms with Gasteiger partial charge in [0.25, 0.3) is 0 Å². The SMILES string of the molecule is CC(=CC(=N)c1ccccc1)c1cccc(-c2ccccc2)c1.